The lowest BCUT2D eigenvalue weighted by Gasteiger charge is -2.34. The fourth-order valence-corrected chi connectivity index (χ4v) is 4.72. The van der Waals surface area contributed by atoms with Crippen molar-refractivity contribution in [3.63, 3.8) is 0 Å². The summed E-state index contributed by atoms with van der Waals surface area (Å²) in [6.45, 7) is 7.93. The number of nitrogens with one attached hydrogen (secondary N) is 1. The Morgan fingerprint density at radius 2 is 1.77 bits per heavy atom. The molecule has 0 spiro atoms. The number of piperazine rings is 1. The van der Waals surface area contributed by atoms with Gasteiger partial charge in [0.2, 0.25) is 10.0 Å². The number of amides is 1. The normalized spacial score (nSPS) is 15.1. The molecule has 8 heteroatoms. The molecule has 7 nitrogen and oxygen atoms in total. The van der Waals surface area contributed by atoms with Gasteiger partial charge in [-0.1, -0.05) is 37.3 Å². The molecule has 1 heterocycles. The quantitative estimate of drug-likeness (QED) is 0.641. The standard InChI is InChI=1S/C23H31N3O4S/c1-3-11-24-31(28,29)21-9-10-22(19(2)16-21)30-18-23(27)26-14-12-25(13-15-26)17-20-7-5-4-6-8-20/h4-10,16,24H,3,11-15,17-18H2,1-2H3. The van der Waals surface area contributed by atoms with Crippen molar-refractivity contribution < 1.29 is 17.9 Å². The average molecular weight is 446 g/mol. The fourth-order valence-electron chi connectivity index (χ4n) is 3.50. The molecular weight excluding hydrogens is 414 g/mol. The van der Waals surface area contributed by atoms with Gasteiger partial charge in [0, 0.05) is 39.3 Å². The van der Waals surface area contributed by atoms with Crippen LogP contribution < -0.4 is 9.46 Å². The van der Waals surface area contributed by atoms with E-state index in [9.17, 15) is 13.2 Å². The van der Waals surface area contributed by atoms with Crippen LogP contribution in [0.3, 0.4) is 0 Å². The molecule has 1 aliphatic rings. The first-order chi connectivity index (χ1) is 14.9. The van der Waals surface area contributed by atoms with Crippen LogP contribution in [0.1, 0.15) is 24.5 Å². The van der Waals surface area contributed by atoms with Crippen molar-refractivity contribution in [2.75, 3.05) is 39.3 Å². The van der Waals surface area contributed by atoms with Crippen LogP contribution in [0, 0.1) is 6.92 Å². The first kappa shape index (κ1) is 23.2. The summed E-state index contributed by atoms with van der Waals surface area (Å²) in [4.78, 5) is 16.9. The summed E-state index contributed by atoms with van der Waals surface area (Å²) in [6, 6.07) is 15.0. The minimum Gasteiger partial charge on any atom is -0.483 e. The van der Waals surface area contributed by atoms with Crippen LogP contribution in [-0.2, 0) is 21.4 Å². The number of carbonyl (C=O) groups excluding carboxylic acids is 1. The Bertz CT molecular complexity index is 972. The van der Waals surface area contributed by atoms with Gasteiger partial charge in [-0.05, 0) is 42.7 Å². The molecule has 2 aromatic rings. The Morgan fingerprint density at radius 1 is 1.06 bits per heavy atom. The zero-order valence-corrected chi connectivity index (χ0v) is 19.0. The summed E-state index contributed by atoms with van der Waals surface area (Å²) in [7, 11) is -3.52. The van der Waals surface area contributed by atoms with E-state index in [1.807, 2.05) is 30.0 Å². The molecule has 0 saturated carbocycles. The molecule has 0 aromatic heterocycles. The molecule has 0 atom stereocenters. The van der Waals surface area contributed by atoms with E-state index < -0.39 is 10.0 Å². The summed E-state index contributed by atoms with van der Waals surface area (Å²) in [5, 5.41) is 0. The topological polar surface area (TPSA) is 78.9 Å². The van der Waals surface area contributed by atoms with Crippen LogP contribution in [0.2, 0.25) is 0 Å². The number of benzene rings is 2. The maximum absolute atomic E-state index is 12.6. The van der Waals surface area contributed by atoms with Crippen LogP contribution in [0.15, 0.2) is 53.4 Å². The predicted molar refractivity (Wildman–Crippen MR) is 120 cm³/mol. The van der Waals surface area contributed by atoms with E-state index in [1.165, 1.54) is 11.6 Å². The molecule has 31 heavy (non-hydrogen) atoms. The van der Waals surface area contributed by atoms with Gasteiger partial charge >= 0.3 is 0 Å². The summed E-state index contributed by atoms with van der Waals surface area (Å²) in [5.41, 5.74) is 1.95. The van der Waals surface area contributed by atoms with Crippen molar-refractivity contribution in [1.82, 2.24) is 14.5 Å². The van der Waals surface area contributed by atoms with E-state index in [0.717, 1.165) is 26.1 Å². The molecule has 1 amide bonds. The first-order valence-electron chi connectivity index (χ1n) is 10.7. The Balaban J connectivity index is 1.48. The fraction of sp³-hybridized carbons (Fsp3) is 0.435. The van der Waals surface area contributed by atoms with Crippen molar-refractivity contribution in [1.29, 1.82) is 0 Å². The third kappa shape index (κ3) is 6.53. The Kier molecular flexibility index (Phi) is 8.06. The van der Waals surface area contributed by atoms with Crippen molar-refractivity contribution in [3.8, 4) is 5.75 Å². The lowest BCUT2D eigenvalue weighted by molar-refractivity contribution is -0.135. The third-order valence-electron chi connectivity index (χ3n) is 5.32. The molecule has 0 bridgehead atoms. The van der Waals surface area contributed by atoms with Crippen LogP contribution >= 0.6 is 0 Å². The highest BCUT2D eigenvalue weighted by molar-refractivity contribution is 7.89. The molecule has 0 aliphatic carbocycles. The van der Waals surface area contributed by atoms with Crippen LogP contribution in [0.25, 0.3) is 0 Å². The summed E-state index contributed by atoms with van der Waals surface area (Å²) in [6.07, 6.45) is 0.724. The summed E-state index contributed by atoms with van der Waals surface area (Å²) >= 11 is 0. The van der Waals surface area contributed by atoms with Crippen molar-refractivity contribution in [2.45, 2.75) is 31.7 Å². The maximum Gasteiger partial charge on any atom is 0.260 e. The second-order valence-corrected chi connectivity index (χ2v) is 9.52. The monoisotopic (exact) mass is 445 g/mol. The second-order valence-electron chi connectivity index (χ2n) is 7.76. The van der Waals surface area contributed by atoms with Gasteiger partial charge in [0.1, 0.15) is 5.75 Å². The molecular formula is C23H31N3O4S. The van der Waals surface area contributed by atoms with E-state index in [2.05, 4.69) is 21.8 Å². The van der Waals surface area contributed by atoms with Gasteiger partial charge in [0.15, 0.2) is 6.61 Å². The summed E-state index contributed by atoms with van der Waals surface area (Å²) in [5.74, 6) is 0.463. The largest absolute Gasteiger partial charge is 0.483 e. The van der Waals surface area contributed by atoms with Crippen molar-refractivity contribution >= 4 is 15.9 Å². The summed E-state index contributed by atoms with van der Waals surface area (Å²) < 4.78 is 32.8. The zero-order chi connectivity index (χ0) is 22.3. The van der Waals surface area contributed by atoms with Gasteiger partial charge in [0.05, 0.1) is 4.90 Å². The van der Waals surface area contributed by atoms with Gasteiger partial charge in [-0.15, -0.1) is 0 Å². The minimum atomic E-state index is -3.52. The highest BCUT2D eigenvalue weighted by atomic mass is 32.2. The molecule has 0 unspecified atom stereocenters. The number of hydrogen-bond donors (Lipinski definition) is 1. The third-order valence-corrected chi connectivity index (χ3v) is 6.78. The Morgan fingerprint density at radius 3 is 2.42 bits per heavy atom. The van der Waals surface area contributed by atoms with E-state index in [1.54, 1.807) is 19.1 Å². The molecule has 2 aromatic carbocycles. The van der Waals surface area contributed by atoms with Gasteiger partial charge in [-0.25, -0.2) is 13.1 Å². The molecule has 1 N–H and O–H groups in total. The number of nitrogens with zero attached hydrogens (tertiary/aromatic N) is 2. The van der Waals surface area contributed by atoms with Crippen LogP contribution in [0.4, 0.5) is 0 Å². The van der Waals surface area contributed by atoms with E-state index in [-0.39, 0.29) is 17.4 Å². The lowest BCUT2D eigenvalue weighted by Crippen LogP contribution is -2.49. The number of rotatable bonds is 9. The number of hydrogen-bond acceptors (Lipinski definition) is 5. The SMILES string of the molecule is CCCNS(=O)(=O)c1ccc(OCC(=O)N2CCN(Cc3ccccc3)CC2)c(C)c1. The van der Waals surface area contributed by atoms with Gasteiger partial charge in [-0.3, -0.25) is 9.69 Å². The molecule has 1 saturated heterocycles. The number of aryl methyl sites for hydroxylation is 1. The van der Waals surface area contributed by atoms with E-state index in [4.69, 9.17) is 4.74 Å². The second kappa shape index (κ2) is 10.7. The number of ether oxygens (including phenoxy) is 1. The number of carbonyl (C=O) groups is 1. The molecule has 168 valence electrons. The van der Waals surface area contributed by atoms with E-state index >= 15 is 0 Å². The predicted octanol–water partition coefficient (Wildman–Crippen LogP) is 2.41. The van der Waals surface area contributed by atoms with Gasteiger partial charge in [-0.2, -0.15) is 0 Å². The number of sulfonamides is 1. The van der Waals surface area contributed by atoms with Crippen LogP contribution in [0.5, 0.6) is 5.75 Å². The van der Waals surface area contributed by atoms with Gasteiger partial charge in [0.25, 0.3) is 5.91 Å². The van der Waals surface area contributed by atoms with Crippen molar-refractivity contribution in [3.05, 3.63) is 59.7 Å². The highest BCUT2D eigenvalue weighted by Crippen LogP contribution is 2.22. The Hall–Kier alpha value is -2.42. The molecule has 0 radical (unpaired) electrons. The molecule has 3 rings (SSSR count). The van der Waals surface area contributed by atoms with E-state index in [0.29, 0.717) is 30.9 Å². The highest BCUT2D eigenvalue weighted by Gasteiger charge is 2.22. The molecule has 1 fully saturated rings. The van der Waals surface area contributed by atoms with Gasteiger partial charge < -0.3 is 9.64 Å². The van der Waals surface area contributed by atoms with Crippen molar-refractivity contribution in [2.24, 2.45) is 0 Å². The minimum absolute atomic E-state index is 0.0555. The smallest absolute Gasteiger partial charge is 0.260 e. The lowest BCUT2D eigenvalue weighted by atomic mass is 10.2. The molecule has 1 aliphatic heterocycles. The first-order valence-corrected chi connectivity index (χ1v) is 12.1. The van der Waals surface area contributed by atoms with Crippen LogP contribution in [-0.4, -0.2) is 63.5 Å². The average Bonchev–Trinajstić information content (AvgIpc) is 2.78. The maximum atomic E-state index is 12.6. The zero-order valence-electron chi connectivity index (χ0n) is 18.2. The Labute approximate surface area is 185 Å².